The van der Waals surface area contributed by atoms with Crippen molar-refractivity contribution in [2.75, 3.05) is 0 Å². The summed E-state index contributed by atoms with van der Waals surface area (Å²) in [6.07, 6.45) is 0. The Balaban J connectivity index is -0.0000000267. The predicted molar refractivity (Wildman–Crippen MR) is 13.4 cm³/mol. The zero-order valence-corrected chi connectivity index (χ0v) is 12.5. The monoisotopic (exact) mass is 333 g/mol. The predicted octanol–water partition coefficient (Wildman–Crippen LogP) is -6.20. The molecule has 0 bridgehead atoms. The van der Waals surface area contributed by atoms with Gasteiger partial charge in [-0.25, -0.2) is 0 Å². The van der Waals surface area contributed by atoms with E-state index in [0.29, 0.717) is 0 Å². The van der Waals surface area contributed by atoms with E-state index in [9.17, 15) is 0 Å². The SMILES string of the molecule is O=P([O-])([O-])[O-].[Ca+2].[K+].[Tb]. The molecule has 0 aliphatic carbocycles. The summed E-state index contributed by atoms with van der Waals surface area (Å²) in [7, 11) is -5.39. The number of rotatable bonds is 0. The molecule has 0 rings (SSSR count). The van der Waals surface area contributed by atoms with E-state index >= 15 is 0 Å². The van der Waals surface area contributed by atoms with Crippen LogP contribution in [0, 0.1) is 38.6 Å². The standard InChI is InChI=1S/Ca.K.H3O4P.Tb/c;;1-5(2,3)4;/h;;(H3,1,2,3,4);/q+2;+1;;/p-3. The van der Waals surface area contributed by atoms with Gasteiger partial charge in [-0.3, -0.25) is 0 Å². The van der Waals surface area contributed by atoms with Crippen LogP contribution in [0.4, 0.5) is 0 Å². The molecule has 4 nitrogen and oxygen atoms in total. The Hall–Kier alpha value is 4.29. The fourth-order valence-corrected chi connectivity index (χ4v) is 0. The van der Waals surface area contributed by atoms with Crippen LogP contribution < -0.4 is 66.1 Å². The average molecular weight is 333 g/mol. The van der Waals surface area contributed by atoms with Crippen molar-refractivity contribution in [2.24, 2.45) is 0 Å². The fourth-order valence-electron chi connectivity index (χ4n) is 0. The molecule has 0 aromatic rings. The molecular formula is CaKO4PTb. The minimum absolute atomic E-state index is 0. The molecule has 0 aliphatic rings. The smallest absolute Gasteiger partial charge is 0.822 e. The van der Waals surface area contributed by atoms with Crippen molar-refractivity contribution in [3.05, 3.63) is 0 Å². The summed E-state index contributed by atoms with van der Waals surface area (Å²) in [5, 5.41) is 0. The van der Waals surface area contributed by atoms with Crippen LogP contribution >= 0.6 is 7.82 Å². The molecule has 8 heteroatoms. The molecule has 0 spiro atoms. The van der Waals surface area contributed by atoms with E-state index in [4.69, 9.17) is 19.2 Å². The first-order valence-electron chi connectivity index (χ1n) is 0.730. The molecule has 0 saturated carbocycles. The molecule has 0 saturated heterocycles. The molecule has 0 aromatic heterocycles. The summed E-state index contributed by atoms with van der Waals surface area (Å²) in [5.41, 5.74) is 0. The maximum Gasteiger partial charge on any atom is 2.00 e. The van der Waals surface area contributed by atoms with Crippen LogP contribution in [-0.4, -0.2) is 37.7 Å². The Bertz CT molecular complexity index is 62.2. The molecule has 0 fully saturated rings. The van der Waals surface area contributed by atoms with E-state index in [1.807, 2.05) is 0 Å². The van der Waals surface area contributed by atoms with Crippen molar-refractivity contribution in [3.8, 4) is 0 Å². The van der Waals surface area contributed by atoms with Gasteiger partial charge in [0.25, 0.3) is 0 Å². The second-order valence-electron chi connectivity index (χ2n) is 0.447. The number of phosphoric acid groups is 1. The first-order valence-corrected chi connectivity index (χ1v) is 2.19. The van der Waals surface area contributed by atoms with E-state index in [1.165, 1.54) is 0 Å². The molecule has 0 amide bonds. The van der Waals surface area contributed by atoms with E-state index in [2.05, 4.69) is 0 Å². The molecule has 0 unspecified atom stereocenters. The van der Waals surface area contributed by atoms with Crippen LogP contribution in [0.25, 0.3) is 0 Å². The summed E-state index contributed by atoms with van der Waals surface area (Å²) >= 11 is 0. The van der Waals surface area contributed by atoms with Gasteiger partial charge < -0.3 is 19.2 Å². The third-order valence-electron chi connectivity index (χ3n) is 0. The zero-order chi connectivity index (χ0) is 4.50. The van der Waals surface area contributed by atoms with Crippen LogP contribution in [0.5, 0.6) is 0 Å². The van der Waals surface area contributed by atoms with Gasteiger partial charge in [0.15, 0.2) is 0 Å². The average Bonchev–Trinajstić information content (AvgIpc) is 0.722. The van der Waals surface area contributed by atoms with Crippen molar-refractivity contribution >= 4 is 45.6 Å². The van der Waals surface area contributed by atoms with Crippen LogP contribution in [0.1, 0.15) is 0 Å². The first-order chi connectivity index (χ1) is 2.00. The van der Waals surface area contributed by atoms with Crippen LogP contribution in [-0.2, 0) is 4.57 Å². The molecular weight excluding hydrogens is 333 g/mol. The van der Waals surface area contributed by atoms with Gasteiger partial charge in [-0.05, 0) is 0 Å². The maximum absolute atomic E-state index is 8.55. The Morgan fingerprint density at radius 2 is 1.12 bits per heavy atom. The van der Waals surface area contributed by atoms with E-state index in [0.717, 1.165) is 0 Å². The van der Waals surface area contributed by atoms with Gasteiger partial charge in [0.1, 0.15) is 0 Å². The Kier molecular flexibility index (Phi) is 32.2. The zero-order valence-electron chi connectivity index (χ0n) is 4.12. The molecule has 0 heterocycles. The van der Waals surface area contributed by atoms with Gasteiger partial charge in [-0.15, -0.1) is 0 Å². The van der Waals surface area contributed by atoms with Gasteiger partial charge in [-0.2, -0.15) is 7.82 Å². The van der Waals surface area contributed by atoms with Crippen molar-refractivity contribution in [2.45, 2.75) is 0 Å². The van der Waals surface area contributed by atoms with Gasteiger partial charge in [0, 0.05) is 38.6 Å². The molecule has 0 aliphatic heterocycles. The largest absolute Gasteiger partial charge is 2.00 e. The minimum Gasteiger partial charge on any atom is -0.822 e. The second-order valence-corrected chi connectivity index (χ2v) is 1.34. The van der Waals surface area contributed by atoms with E-state index < -0.39 is 7.82 Å². The number of hydrogen-bond donors (Lipinski definition) is 0. The summed E-state index contributed by atoms with van der Waals surface area (Å²) in [5.74, 6) is 0. The molecule has 0 atom stereocenters. The third kappa shape index (κ3) is 48.2. The van der Waals surface area contributed by atoms with Gasteiger partial charge >= 0.3 is 89.1 Å². The van der Waals surface area contributed by atoms with Gasteiger partial charge in [-0.1, -0.05) is 0 Å². The topological polar surface area (TPSA) is 86.2 Å². The normalized spacial score (nSPS) is 7.38. The molecule has 0 aromatic carbocycles. The Morgan fingerprint density at radius 1 is 1.12 bits per heavy atom. The van der Waals surface area contributed by atoms with Gasteiger partial charge in [0.05, 0.1) is 0 Å². The summed E-state index contributed by atoms with van der Waals surface area (Å²) in [4.78, 5) is 25.6. The summed E-state index contributed by atoms with van der Waals surface area (Å²) in [6, 6.07) is 0. The quantitative estimate of drug-likeness (QED) is 0.326. The minimum atomic E-state index is -5.39. The Morgan fingerprint density at radius 3 is 1.12 bits per heavy atom. The second kappa shape index (κ2) is 11.3. The molecule has 0 N–H and O–H groups in total. The van der Waals surface area contributed by atoms with Gasteiger partial charge in [0.2, 0.25) is 0 Å². The molecule has 1 radical (unpaired) electrons. The Labute approximate surface area is 150 Å². The first kappa shape index (κ1) is 22.8. The summed E-state index contributed by atoms with van der Waals surface area (Å²) in [6.45, 7) is 0. The van der Waals surface area contributed by atoms with Crippen molar-refractivity contribution in [3.63, 3.8) is 0 Å². The third-order valence-corrected chi connectivity index (χ3v) is 0. The molecule has 8 heavy (non-hydrogen) atoms. The van der Waals surface area contributed by atoms with Crippen molar-refractivity contribution in [1.82, 2.24) is 0 Å². The van der Waals surface area contributed by atoms with Crippen LogP contribution in [0.15, 0.2) is 0 Å². The van der Waals surface area contributed by atoms with Crippen LogP contribution in [0.3, 0.4) is 0 Å². The van der Waals surface area contributed by atoms with E-state index in [1.54, 1.807) is 0 Å². The van der Waals surface area contributed by atoms with Crippen LogP contribution in [0.2, 0.25) is 0 Å². The fraction of sp³-hybridized carbons (Fsp3) is 0. The van der Waals surface area contributed by atoms with Crippen molar-refractivity contribution < 1.29 is 109 Å². The summed E-state index contributed by atoms with van der Waals surface area (Å²) < 4.78 is 8.55. The number of hydrogen-bond acceptors (Lipinski definition) is 4. The van der Waals surface area contributed by atoms with E-state index in [-0.39, 0.29) is 128 Å². The van der Waals surface area contributed by atoms with Crippen molar-refractivity contribution in [1.29, 1.82) is 0 Å². The maximum atomic E-state index is 8.55. The molecule has 41 valence electrons.